The van der Waals surface area contributed by atoms with Crippen LogP contribution in [0.5, 0.6) is 11.5 Å². The van der Waals surface area contributed by atoms with Crippen molar-refractivity contribution in [1.82, 2.24) is 4.98 Å². The Morgan fingerprint density at radius 2 is 1.62 bits per heavy atom. The molecular weight excluding hydrogens is 547 g/mol. The van der Waals surface area contributed by atoms with Crippen LogP contribution in [0.4, 0.5) is 5.69 Å². The summed E-state index contributed by atoms with van der Waals surface area (Å²) in [4.78, 5) is 4.77. The van der Waals surface area contributed by atoms with Gasteiger partial charge in [0, 0.05) is 44.5 Å². The first-order valence-corrected chi connectivity index (χ1v) is 13.5. The van der Waals surface area contributed by atoms with E-state index in [9.17, 15) is 0 Å². The van der Waals surface area contributed by atoms with Gasteiger partial charge in [-0.1, -0.05) is 46.9 Å². The molecule has 1 N–H and O–H groups in total. The Morgan fingerprint density at radius 3 is 2.35 bits per heavy atom. The summed E-state index contributed by atoms with van der Waals surface area (Å²) >= 11 is 20.8. The van der Waals surface area contributed by atoms with E-state index in [-0.39, 0.29) is 6.61 Å². The molecule has 0 aliphatic rings. The van der Waals surface area contributed by atoms with Crippen LogP contribution in [0.15, 0.2) is 72.8 Å². The van der Waals surface area contributed by atoms with Gasteiger partial charge in [0.1, 0.15) is 11.6 Å². The summed E-state index contributed by atoms with van der Waals surface area (Å²) in [5.74, 6) is 1.09. The summed E-state index contributed by atoms with van der Waals surface area (Å²) in [5, 5.41) is 6.09. The van der Waals surface area contributed by atoms with E-state index >= 15 is 0 Å². The van der Waals surface area contributed by atoms with Crippen LogP contribution in [0.1, 0.15) is 16.7 Å². The van der Waals surface area contributed by atoms with Gasteiger partial charge in [0.15, 0.2) is 11.5 Å². The maximum Gasteiger partial charge on any atom is 0.163 e. The lowest BCUT2D eigenvalue weighted by Gasteiger charge is -2.15. The first-order valence-electron chi connectivity index (χ1n) is 11.5. The molecule has 5 aromatic rings. The minimum absolute atomic E-state index is 0.198. The molecule has 1 aromatic heterocycles. The van der Waals surface area contributed by atoms with E-state index in [0.717, 1.165) is 27.3 Å². The Balaban J connectivity index is 1.27. The van der Waals surface area contributed by atoms with Crippen molar-refractivity contribution in [1.29, 1.82) is 0 Å². The van der Waals surface area contributed by atoms with Crippen LogP contribution >= 0.6 is 46.1 Å². The van der Waals surface area contributed by atoms with Gasteiger partial charge in [0.2, 0.25) is 0 Å². The fourth-order valence-corrected chi connectivity index (χ4v) is 5.68. The number of aryl methyl sites for hydroxylation is 1. The van der Waals surface area contributed by atoms with E-state index in [1.54, 1.807) is 42.7 Å². The van der Waals surface area contributed by atoms with Gasteiger partial charge >= 0.3 is 0 Å². The van der Waals surface area contributed by atoms with Crippen molar-refractivity contribution in [3.8, 4) is 22.1 Å². The predicted octanol–water partition coefficient (Wildman–Crippen LogP) is 9.43. The number of anilines is 1. The molecule has 0 fully saturated rings. The molecule has 188 valence electrons. The van der Waals surface area contributed by atoms with Gasteiger partial charge in [-0.3, -0.25) is 0 Å². The van der Waals surface area contributed by atoms with Crippen LogP contribution in [-0.4, -0.2) is 12.1 Å². The molecule has 0 aliphatic carbocycles. The highest BCUT2D eigenvalue weighted by atomic mass is 35.5. The molecule has 0 saturated carbocycles. The molecule has 0 spiro atoms. The van der Waals surface area contributed by atoms with Crippen LogP contribution in [0, 0.1) is 6.92 Å². The normalized spacial score (nSPS) is 11.1. The summed E-state index contributed by atoms with van der Waals surface area (Å²) in [6.45, 7) is 2.81. The molecule has 4 nitrogen and oxygen atoms in total. The third-order valence-electron chi connectivity index (χ3n) is 5.93. The van der Waals surface area contributed by atoms with E-state index < -0.39 is 0 Å². The largest absolute Gasteiger partial charge is 0.493 e. The predicted molar refractivity (Wildman–Crippen MR) is 156 cm³/mol. The Hall–Kier alpha value is -2.96. The monoisotopic (exact) mass is 568 g/mol. The minimum Gasteiger partial charge on any atom is -0.493 e. The van der Waals surface area contributed by atoms with Crippen molar-refractivity contribution in [2.75, 3.05) is 12.4 Å². The van der Waals surface area contributed by atoms with Gasteiger partial charge in [-0.15, -0.1) is 11.3 Å². The number of aromatic nitrogens is 1. The third-order valence-corrected chi connectivity index (χ3v) is 8.05. The second-order valence-electron chi connectivity index (χ2n) is 8.50. The van der Waals surface area contributed by atoms with Crippen molar-refractivity contribution in [2.45, 2.75) is 20.1 Å². The average Bonchev–Trinajstić information content (AvgIpc) is 3.31. The minimum atomic E-state index is 0.198. The third kappa shape index (κ3) is 5.81. The highest BCUT2D eigenvalue weighted by molar-refractivity contribution is 7.21. The van der Waals surface area contributed by atoms with E-state index in [1.165, 1.54) is 10.3 Å². The molecule has 0 aliphatic heterocycles. The topological polar surface area (TPSA) is 43.4 Å². The molecule has 0 amide bonds. The molecule has 0 saturated heterocycles. The van der Waals surface area contributed by atoms with Gasteiger partial charge in [0.05, 0.1) is 17.3 Å². The maximum absolute atomic E-state index is 6.59. The quantitative estimate of drug-likeness (QED) is 0.202. The molecule has 8 heteroatoms. The van der Waals surface area contributed by atoms with Gasteiger partial charge in [0.25, 0.3) is 0 Å². The van der Waals surface area contributed by atoms with Crippen molar-refractivity contribution >= 4 is 62.0 Å². The van der Waals surface area contributed by atoms with Crippen LogP contribution in [-0.2, 0) is 13.2 Å². The standard InChI is InChI=1S/C29H23Cl3N2O2S/c1-17-6-11-25-28(12-17)37-29(34-25)18-7-9-20(10-8-18)33-15-19-13-26(35-2)27(14-24(19)32)36-16-21-22(30)4-3-5-23(21)31/h3-14,33H,15-16H2,1-2H3. The van der Waals surface area contributed by atoms with Gasteiger partial charge in [-0.25, -0.2) is 4.98 Å². The van der Waals surface area contributed by atoms with E-state index in [0.29, 0.717) is 38.7 Å². The van der Waals surface area contributed by atoms with Crippen LogP contribution in [0.25, 0.3) is 20.8 Å². The Labute approximate surface area is 234 Å². The number of fused-ring (bicyclic) bond motifs is 1. The second kappa shape index (κ2) is 11.2. The van der Waals surface area contributed by atoms with Crippen LogP contribution < -0.4 is 14.8 Å². The molecule has 5 rings (SSSR count). The van der Waals surface area contributed by atoms with E-state index in [1.807, 2.05) is 18.2 Å². The first-order chi connectivity index (χ1) is 17.9. The fraction of sp³-hybridized carbons (Fsp3) is 0.138. The van der Waals surface area contributed by atoms with Crippen molar-refractivity contribution < 1.29 is 9.47 Å². The Bertz CT molecular complexity index is 1550. The van der Waals surface area contributed by atoms with Crippen LogP contribution in [0.3, 0.4) is 0 Å². The summed E-state index contributed by atoms with van der Waals surface area (Å²) in [5.41, 5.74) is 5.92. The summed E-state index contributed by atoms with van der Waals surface area (Å²) < 4.78 is 12.7. The number of ether oxygens (including phenoxy) is 2. The molecule has 0 unspecified atom stereocenters. The van der Waals surface area contributed by atoms with E-state index in [2.05, 4.69) is 42.6 Å². The number of nitrogens with zero attached hydrogens (tertiary/aromatic N) is 1. The number of halogens is 3. The van der Waals surface area contributed by atoms with E-state index in [4.69, 9.17) is 49.3 Å². The molecule has 0 bridgehead atoms. The Kier molecular flexibility index (Phi) is 7.77. The SMILES string of the molecule is COc1cc(CNc2ccc(-c3nc4ccc(C)cc4s3)cc2)c(Cl)cc1OCc1c(Cl)cccc1Cl. The summed E-state index contributed by atoms with van der Waals surface area (Å²) in [6.07, 6.45) is 0. The number of thiazole rings is 1. The number of nitrogens with one attached hydrogen (secondary N) is 1. The molecule has 0 atom stereocenters. The highest BCUT2D eigenvalue weighted by Crippen LogP contribution is 2.36. The number of benzene rings is 4. The lowest BCUT2D eigenvalue weighted by atomic mass is 10.1. The van der Waals surface area contributed by atoms with Gasteiger partial charge in [-0.05, 0) is 72.6 Å². The molecule has 1 heterocycles. The smallest absolute Gasteiger partial charge is 0.163 e. The zero-order valence-corrected chi connectivity index (χ0v) is 23.2. The molecular formula is C29H23Cl3N2O2S. The maximum atomic E-state index is 6.59. The molecule has 37 heavy (non-hydrogen) atoms. The number of hydrogen-bond donors (Lipinski definition) is 1. The number of methoxy groups -OCH3 is 1. The lowest BCUT2D eigenvalue weighted by Crippen LogP contribution is -2.03. The van der Waals surface area contributed by atoms with Crippen LogP contribution in [0.2, 0.25) is 15.1 Å². The molecule has 4 aromatic carbocycles. The number of rotatable bonds is 8. The summed E-state index contributed by atoms with van der Waals surface area (Å²) in [7, 11) is 1.60. The highest BCUT2D eigenvalue weighted by Gasteiger charge is 2.13. The van der Waals surface area contributed by atoms with Gasteiger partial charge < -0.3 is 14.8 Å². The Morgan fingerprint density at radius 1 is 0.865 bits per heavy atom. The second-order valence-corrected chi connectivity index (χ2v) is 10.8. The fourth-order valence-electron chi connectivity index (χ4n) is 3.89. The van der Waals surface area contributed by atoms with Gasteiger partial charge in [-0.2, -0.15) is 0 Å². The zero-order chi connectivity index (χ0) is 25.9. The first kappa shape index (κ1) is 25.7. The van der Waals surface area contributed by atoms with Crippen molar-refractivity contribution in [2.24, 2.45) is 0 Å². The average molecular weight is 570 g/mol. The lowest BCUT2D eigenvalue weighted by molar-refractivity contribution is 0.284. The number of hydrogen-bond acceptors (Lipinski definition) is 5. The molecule has 0 radical (unpaired) electrons. The van der Waals surface area contributed by atoms with Crippen molar-refractivity contribution in [3.63, 3.8) is 0 Å². The van der Waals surface area contributed by atoms with Crippen molar-refractivity contribution in [3.05, 3.63) is 105 Å². The zero-order valence-electron chi connectivity index (χ0n) is 20.1. The summed E-state index contributed by atoms with van der Waals surface area (Å²) in [6, 6.07) is 23.5.